The van der Waals surface area contributed by atoms with E-state index in [4.69, 9.17) is 11.6 Å². The van der Waals surface area contributed by atoms with Crippen LogP contribution in [0.5, 0.6) is 5.75 Å². The second kappa shape index (κ2) is 39.3. The quantitative estimate of drug-likeness (QED) is 0.0535. The maximum Gasteiger partial charge on any atom is 2.00 e. The Hall–Kier alpha value is -2.06. The Kier molecular flexibility index (Phi) is 42.2. The van der Waals surface area contributed by atoms with Crippen molar-refractivity contribution in [2.45, 2.75) is 206 Å². The van der Waals surface area contributed by atoms with Crippen molar-refractivity contribution in [3.05, 3.63) is 102 Å². The fourth-order valence-corrected chi connectivity index (χ4v) is 6.90. The number of benzene rings is 2. The Bertz CT molecular complexity index is 1540. The summed E-state index contributed by atoms with van der Waals surface area (Å²) in [6.07, 6.45) is 20.1. The molecule has 4 atom stereocenters. The number of nitrogens with one attached hydrogen (secondary N) is 1. The van der Waals surface area contributed by atoms with Crippen LogP contribution < -0.4 is 5.32 Å². The molecule has 2 N–H and O–H groups in total. The van der Waals surface area contributed by atoms with E-state index in [1.165, 1.54) is 45.1 Å². The van der Waals surface area contributed by atoms with E-state index in [2.05, 4.69) is 121 Å². The molecule has 4 unspecified atom stereocenters. The first-order chi connectivity index (χ1) is 28.8. The van der Waals surface area contributed by atoms with Crippen LogP contribution in [0.25, 0.3) is 16.8 Å². The number of hydrogen-bond donors (Lipinski definition) is 2. The van der Waals surface area contributed by atoms with Crippen molar-refractivity contribution in [3.8, 4) is 16.9 Å². The normalized spacial score (nSPS) is 13.1. The van der Waals surface area contributed by atoms with E-state index >= 15 is 4.39 Å². The third-order valence-electron chi connectivity index (χ3n) is 11.2. The van der Waals surface area contributed by atoms with E-state index in [1.807, 2.05) is 26.0 Å². The van der Waals surface area contributed by atoms with Crippen LogP contribution in [0, 0.1) is 74.6 Å². The average Bonchev–Trinajstić information content (AvgIpc) is 3.23. The number of phenolic OH excluding ortho intramolecular Hbond substituents is 1. The van der Waals surface area contributed by atoms with E-state index in [-0.39, 0.29) is 64.6 Å². The summed E-state index contributed by atoms with van der Waals surface area (Å²) < 4.78 is 16.7. The molecular formula is C56H93ClFNO2U. The van der Waals surface area contributed by atoms with E-state index in [0.717, 1.165) is 97.6 Å². The molecule has 0 bridgehead atoms. The van der Waals surface area contributed by atoms with Crippen LogP contribution in [0.3, 0.4) is 0 Å². The summed E-state index contributed by atoms with van der Waals surface area (Å²) in [5.74, 6) is 1.92. The average molecular weight is 1100 g/mol. The second-order valence-corrected chi connectivity index (χ2v) is 17.3. The minimum absolute atomic E-state index is 0. The molecule has 62 heavy (non-hydrogen) atoms. The number of halogens is 2. The third-order valence-corrected chi connectivity index (χ3v) is 11.5. The molecule has 6 heteroatoms. The number of aryl methyl sites for hydroxylation is 1. The smallest absolute Gasteiger partial charge is 0.507 e. The number of allylic oxidation sites excluding steroid dienone is 3. The number of carbonyl (C=O) groups is 1. The van der Waals surface area contributed by atoms with Crippen LogP contribution in [0.2, 0.25) is 5.02 Å². The molecule has 0 amide bonds. The molecule has 2 aromatic carbocycles. The summed E-state index contributed by atoms with van der Waals surface area (Å²) in [5, 5.41) is 14.9. The standard InChI is InChI=1S/C36H50ClFNO.C9H19.C4H6O.C4H10.C3H8.U/c1-10-16-27(14-5)35(39-36(21-12-3,24(6)7)22-20-25(8)13-4)29-23-30(37)33(34(38)28(29)17-11-2)32-26(9)18-15-19-31(32)40;1-5-7-9(4)8(3)6-2;1-3-4(2)5;1-3-4-2;1-3-2;/h15,18-19,23,25,39-40H,5-6,10-13,16-17,20-22H2,1-4,7-9H3;8-9H,2,5-7H2,1,3-4H3;3H,1H2,2H3;3-4H2,1-2H3;3H2,1-2H3;/q2*-1;;;;+2/b35-27-;;;;;. The molecule has 352 valence electrons. The Labute approximate surface area is 413 Å². The Morgan fingerprint density at radius 2 is 1.48 bits per heavy atom. The summed E-state index contributed by atoms with van der Waals surface area (Å²) >= 11 is 6.92. The maximum atomic E-state index is 16.7. The summed E-state index contributed by atoms with van der Waals surface area (Å²) in [7, 11) is 0. The van der Waals surface area contributed by atoms with Crippen molar-refractivity contribution in [3.63, 3.8) is 0 Å². The first-order valence-electron chi connectivity index (χ1n) is 23.8. The number of rotatable bonds is 22. The number of aromatic hydroxyl groups is 1. The van der Waals surface area contributed by atoms with Gasteiger partial charge < -0.3 is 17.3 Å². The van der Waals surface area contributed by atoms with Crippen LogP contribution >= 0.6 is 11.6 Å². The van der Waals surface area contributed by atoms with Crippen molar-refractivity contribution in [2.75, 3.05) is 0 Å². The van der Waals surface area contributed by atoms with Gasteiger partial charge in [-0.05, 0) is 81.6 Å². The molecule has 0 saturated carbocycles. The molecule has 0 heterocycles. The minimum Gasteiger partial charge on any atom is -0.507 e. The van der Waals surface area contributed by atoms with Gasteiger partial charge in [0.05, 0.1) is 5.02 Å². The van der Waals surface area contributed by atoms with Crippen molar-refractivity contribution in [2.24, 2.45) is 17.8 Å². The first kappa shape index (κ1) is 66.5. The molecule has 2 rings (SSSR count). The van der Waals surface area contributed by atoms with Crippen LogP contribution in [0.4, 0.5) is 4.39 Å². The third kappa shape index (κ3) is 24.9. The molecule has 0 aliphatic heterocycles. The van der Waals surface area contributed by atoms with Crippen LogP contribution in [-0.2, 0) is 11.2 Å². The van der Waals surface area contributed by atoms with Gasteiger partial charge in [0.2, 0.25) is 0 Å². The number of carbonyl (C=O) groups excluding carboxylic acids is 1. The molecule has 3 nitrogen and oxygen atoms in total. The monoisotopic (exact) mass is 1100 g/mol. The van der Waals surface area contributed by atoms with E-state index < -0.39 is 0 Å². The van der Waals surface area contributed by atoms with E-state index in [9.17, 15) is 9.90 Å². The minimum atomic E-state index is -0.385. The largest absolute Gasteiger partial charge is 2.00 e. The van der Waals surface area contributed by atoms with Crippen molar-refractivity contribution in [1.82, 2.24) is 5.32 Å². The van der Waals surface area contributed by atoms with Gasteiger partial charge in [0.15, 0.2) is 5.78 Å². The molecule has 0 saturated heterocycles. The molecule has 0 aliphatic rings. The zero-order chi connectivity index (χ0) is 47.7. The van der Waals surface area contributed by atoms with Crippen LogP contribution in [-0.4, -0.2) is 16.4 Å². The Balaban J connectivity index is -0.000000629. The van der Waals surface area contributed by atoms with E-state index in [0.29, 0.717) is 23.5 Å². The summed E-state index contributed by atoms with van der Waals surface area (Å²) in [6.45, 7) is 47.4. The molecular weight excluding hydrogens is 1010 g/mol. The van der Waals surface area contributed by atoms with Gasteiger partial charge in [0, 0.05) is 16.7 Å². The van der Waals surface area contributed by atoms with Gasteiger partial charge in [0.1, 0.15) is 11.6 Å². The molecule has 2 aromatic rings. The summed E-state index contributed by atoms with van der Waals surface area (Å²) in [6, 6.07) is 7.07. The van der Waals surface area contributed by atoms with Crippen molar-refractivity contribution < 1.29 is 45.4 Å². The van der Waals surface area contributed by atoms with Gasteiger partial charge in [0.25, 0.3) is 0 Å². The van der Waals surface area contributed by atoms with Gasteiger partial charge in [-0.2, -0.15) is 18.6 Å². The second-order valence-electron chi connectivity index (χ2n) is 16.9. The zero-order valence-electron chi connectivity index (χ0n) is 42.7. The van der Waals surface area contributed by atoms with Gasteiger partial charge in [-0.15, -0.1) is 5.70 Å². The van der Waals surface area contributed by atoms with Gasteiger partial charge in [-0.25, -0.2) is 4.39 Å². The molecule has 0 fully saturated rings. The number of phenols is 1. The molecule has 0 aliphatic carbocycles. The Morgan fingerprint density at radius 1 is 0.919 bits per heavy atom. The van der Waals surface area contributed by atoms with Crippen molar-refractivity contribution >= 4 is 23.1 Å². The zero-order valence-corrected chi connectivity index (χ0v) is 47.6. The summed E-state index contributed by atoms with van der Waals surface area (Å²) in [5.41, 5.74) is 5.26. The first-order valence-corrected chi connectivity index (χ1v) is 24.1. The maximum absolute atomic E-state index is 16.7. The Morgan fingerprint density at radius 3 is 1.87 bits per heavy atom. The predicted octanol–water partition coefficient (Wildman–Crippen LogP) is 18.4. The number of ketones is 1. The van der Waals surface area contributed by atoms with Gasteiger partial charge in [-0.1, -0.05) is 207 Å². The summed E-state index contributed by atoms with van der Waals surface area (Å²) in [4.78, 5) is 9.69. The molecule has 0 radical (unpaired) electrons. The number of hydrogen-bond acceptors (Lipinski definition) is 3. The SMILES string of the molecule is C=CC(C)=O.C=[C-]/C(CCC)=C(/NC(CCC)(CCC(C)CC)C(=C)C)c1cc(Cl)c(-c2c(C)cccc2O)c(F)c1CCC.CCC.CCCC.[CH2-]CC(C)C(C)CCC.[U+2]. The molecule has 0 aromatic heterocycles. The van der Waals surface area contributed by atoms with Gasteiger partial charge >= 0.3 is 31.1 Å². The van der Waals surface area contributed by atoms with Crippen molar-refractivity contribution in [1.29, 1.82) is 0 Å². The van der Waals surface area contributed by atoms with E-state index in [1.54, 1.807) is 12.1 Å². The van der Waals surface area contributed by atoms with Gasteiger partial charge in [-0.3, -0.25) is 10.9 Å². The topological polar surface area (TPSA) is 49.3 Å². The van der Waals surface area contributed by atoms with Crippen LogP contribution in [0.1, 0.15) is 204 Å². The fourth-order valence-electron chi connectivity index (χ4n) is 6.61. The fraction of sp³-hybridized carbons (Fsp3) is 0.607. The predicted molar refractivity (Wildman–Crippen MR) is 273 cm³/mol. The van der Waals surface area contributed by atoms with Crippen LogP contribution in [0.15, 0.2) is 61.2 Å². The number of unbranched alkanes of at least 4 members (excludes halogenated alkanes) is 1. The molecule has 0 spiro atoms.